The number of hydrogen-bond donors (Lipinski definition) is 1. The highest BCUT2D eigenvalue weighted by atomic mass is 16.2. The quantitative estimate of drug-likeness (QED) is 0.853. The largest absolute Gasteiger partial charge is 0.339 e. The molecule has 19 heavy (non-hydrogen) atoms. The molecule has 0 heterocycles. The molecule has 2 N–H and O–H groups in total. The lowest BCUT2D eigenvalue weighted by Gasteiger charge is -2.31. The van der Waals surface area contributed by atoms with E-state index < -0.39 is 0 Å². The Labute approximate surface area is 115 Å². The van der Waals surface area contributed by atoms with Crippen LogP contribution in [0.5, 0.6) is 0 Å². The zero-order valence-electron chi connectivity index (χ0n) is 11.9. The molecule has 1 saturated carbocycles. The summed E-state index contributed by atoms with van der Waals surface area (Å²) in [5, 5.41) is 0. The van der Waals surface area contributed by atoms with Gasteiger partial charge in [0.15, 0.2) is 0 Å². The van der Waals surface area contributed by atoms with Crippen molar-refractivity contribution in [3.8, 4) is 0 Å². The van der Waals surface area contributed by atoms with Crippen LogP contribution in [0, 0.1) is 0 Å². The second-order valence-corrected chi connectivity index (χ2v) is 5.68. The van der Waals surface area contributed by atoms with Crippen molar-refractivity contribution in [2.75, 3.05) is 13.1 Å². The molecule has 104 valence electrons. The second-order valence-electron chi connectivity index (χ2n) is 5.68. The number of amides is 1. The van der Waals surface area contributed by atoms with Crippen molar-refractivity contribution in [1.82, 2.24) is 4.90 Å². The minimum absolute atomic E-state index is 0.236. The number of carbonyl (C=O) groups is 1. The SMILES string of the molecule is CC(C)N(CCCN)C(=O)C1(c2ccccc2)CC1. The third-order valence-electron chi connectivity index (χ3n) is 3.97. The van der Waals surface area contributed by atoms with Crippen molar-refractivity contribution in [1.29, 1.82) is 0 Å². The van der Waals surface area contributed by atoms with Gasteiger partial charge in [0.25, 0.3) is 0 Å². The van der Waals surface area contributed by atoms with Crippen LogP contribution in [0.25, 0.3) is 0 Å². The van der Waals surface area contributed by atoms with E-state index in [0.29, 0.717) is 6.54 Å². The minimum Gasteiger partial charge on any atom is -0.339 e. The summed E-state index contributed by atoms with van der Waals surface area (Å²) in [6.45, 7) is 5.56. The average Bonchev–Trinajstić information content (AvgIpc) is 3.21. The summed E-state index contributed by atoms with van der Waals surface area (Å²) in [7, 11) is 0. The molecule has 1 amide bonds. The maximum absolute atomic E-state index is 12.9. The Morgan fingerprint density at radius 2 is 1.95 bits per heavy atom. The van der Waals surface area contributed by atoms with E-state index in [0.717, 1.165) is 25.8 Å². The molecule has 3 heteroatoms. The molecule has 1 aromatic carbocycles. The number of carbonyl (C=O) groups excluding carboxylic acids is 1. The molecule has 1 aliphatic carbocycles. The van der Waals surface area contributed by atoms with E-state index in [1.807, 2.05) is 23.1 Å². The molecule has 0 radical (unpaired) electrons. The highest BCUT2D eigenvalue weighted by Gasteiger charge is 2.53. The van der Waals surface area contributed by atoms with Gasteiger partial charge in [0.2, 0.25) is 5.91 Å². The molecule has 0 spiro atoms. The third kappa shape index (κ3) is 2.81. The Kier molecular flexibility index (Phi) is 4.25. The van der Waals surface area contributed by atoms with Gasteiger partial charge in [-0.05, 0) is 45.2 Å². The lowest BCUT2D eigenvalue weighted by Crippen LogP contribution is -2.44. The summed E-state index contributed by atoms with van der Waals surface area (Å²) in [5.74, 6) is 0.280. The van der Waals surface area contributed by atoms with Crippen LogP contribution < -0.4 is 5.73 Å². The van der Waals surface area contributed by atoms with Gasteiger partial charge in [0.05, 0.1) is 5.41 Å². The summed E-state index contributed by atoms with van der Waals surface area (Å²) >= 11 is 0. The van der Waals surface area contributed by atoms with E-state index in [4.69, 9.17) is 5.73 Å². The van der Waals surface area contributed by atoms with Crippen LogP contribution in [0.3, 0.4) is 0 Å². The Morgan fingerprint density at radius 3 is 2.42 bits per heavy atom. The second kappa shape index (κ2) is 5.74. The monoisotopic (exact) mass is 260 g/mol. The van der Waals surface area contributed by atoms with Crippen molar-refractivity contribution in [2.24, 2.45) is 5.73 Å². The number of hydrogen-bond acceptors (Lipinski definition) is 2. The highest BCUT2D eigenvalue weighted by molar-refractivity contribution is 5.91. The summed E-state index contributed by atoms with van der Waals surface area (Å²) < 4.78 is 0. The predicted molar refractivity (Wildman–Crippen MR) is 77.9 cm³/mol. The first-order valence-corrected chi connectivity index (χ1v) is 7.18. The van der Waals surface area contributed by atoms with Gasteiger partial charge in [-0.3, -0.25) is 4.79 Å². The molecule has 0 aromatic heterocycles. The fourth-order valence-electron chi connectivity index (χ4n) is 2.64. The Hall–Kier alpha value is -1.35. The number of nitrogens with two attached hydrogens (primary N) is 1. The minimum atomic E-state index is -0.250. The van der Waals surface area contributed by atoms with Crippen LogP contribution >= 0.6 is 0 Å². The maximum atomic E-state index is 12.9. The Morgan fingerprint density at radius 1 is 1.32 bits per heavy atom. The van der Waals surface area contributed by atoms with E-state index in [1.165, 1.54) is 5.56 Å². The van der Waals surface area contributed by atoms with Gasteiger partial charge in [-0.2, -0.15) is 0 Å². The van der Waals surface area contributed by atoms with E-state index in [2.05, 4.69) is 26.0 Å². The smallest absolute Gasteiger partial charge is 0.233 e. The molecule has 1 aromatic rings. The number of rotatable bonds is 6. The summed E-state index contributed by atoms with van der Waals surface area (Å²) in [6.07, 6.45) is 2.82. The molecule has 0 aliphatic heterocycles. The van der Waals surface area contributed by atoms with Crippen LogP contribution in [0.2, 0.25) is 0 Å². The molecule has 1 aliphatic rings. The average molecular weight is 260 g/mol. The van der Waals surface area contributed by atoms with Gasteiger partial charge >= 0.3 is 0 Å². The molecule has 0 unspecified atom stereocenters. The fourth-order valence-corrected chi connectivity index (χ4v) is 2.64. The molecular formula is C16H24N2O. The van der Waals surface area contributed by atoms with Gasteiger partial charge in [0.1, 0.15) is 0 Å². The first-order valence-electron chi connectivity index (χ1n) is 7.18. The van der Waals surface area contributed by atoms with E-state index in [-0.39, 0.29) is 17.4 Å². The molecule has 0 saturated heterocycles. The summed E-state index contributed by atoms with van der Waals surface area (Å²) in [5.41, 5.74) is 6.49. The van der Waals surface area contributed by atoms with E-state index in [9.17, 15) is 4.79 Å². The van der Waals surface area contributed by atoms with Crippen LogP contribution in [-0.2, 0) is 10.2 Å². The first kappa shape index (κ1) is 14.1. The topological polar surface area (TPSA) is 46.3 Å². The van der Waals surface area contributed by atoms with E-state index >= 15 is 0 Å². The van der Waals surface area contributed by atoms with Crippen LogP contribution in [0.4, 0.5) is 0 Å². The zero-order valence-corrected chi connectivity index (χ0v) is 11.9. The fraction of sp³-hybridized carbons (Fsp3) is 0.562. The van der Waals surface area contributed by atoms with Gasteiger partial charge < -0.3 is 10.6 Å². The number of benzene rings is 1. The van der Waals surface area contributed by atoms with Crippen molar-refractivity contribution >= 4 is 5.91 Å². The van der Waals surface area contributed by atoms with Gasteiger partial charge in [-0.15, -0.1) is 0 Å². The van der Waals surface area contributed by atoms with Crippen molar-refractivity contribution in [3.05, 3.63) is 35.9 Å². The molecular weight excluding hydrogens is 236 g/mol. The van der Waals surface area contributed by atoms with Crippen molar-refractivity contribution in [3.63, 3.8) is 0 Å². The van der Waals surface area contributed by atoms with Crippen LogP contribution in [-0.4, -0.2) is 29.9 Å². The Balaban J connectivity index is 2.17. The van der Waals surface area contributed by atoms with Crippen LogP contribution in [0.1, 0.15) is 38.7 Å². The number of nitrogens with zero attached hydrogens (tertiary/aromatic N) is 1. The molecule has 1 fully saturated rings. The Bertz CT molecular complexity index is 424. The first-order chi connectivity index (χ1) is 9.12. The van der Waals surface area contributed by atoms with Gasteiger partial charge in [-0.25, -0.2) is 0 Å². The lowest BCUT2D eigenvalue weighted by molar-refractivity contribution is -0.135. The molecule has 0 atom stereocenters. The van der Waals surface area contributed by atoms with Gasteiger partial charge in [-0.1, -0.05) is 30.3 Å². The lowest BCUT2D eigenvalue weighted by atomic mass is 9.93. The molecule has 0 bridgehead atoms. The summed E-state index contributed by atoms with van der Waals surface area (Å²) in [4.78, 5) is 14.9. The normalized spacial score (nSPS) is 16.4. The standard InChI is InChI=1S/C16H24N2O/c1-13(2)18(12-6-11-17)15(19)16(9-10-16)14-7-4-3-5-8-14/h3-5,7-8,13H,6,9-12,17H2,1-2H3. The van der Waals surface area contributed by atoms with Crippen LogP contribution in [0.15, 0.2) is 30.3 Å². The van der Waals surface area contributed by atoms with E-state index in [1.54, 1.807) is 0 Å². The van der Waals surface area contributed by atoms with Crippen molar-refractivity contribution < 1.29 is 4.79 Å². The summed E-state index contributed by atoms with van der Waals surface area (Å²) in [6, 6.07) is 10.4. The third-order valence-corrected chi connectivity index (χ3v) is 3.97. The maximum Gasteiger partial charge on any atom is 0.233 e. The highest BCUT2D eigenvalue weighted by Crippen LogP contribution is 2.49. The van der Waals surface area contributed by atoms with Crippen molar-refractivity contribution in [2.45, 2.75) is 44.6 Å². The zero-order chi connectivity index (χ0) is 13.9. The van der Waals surface area contributed by atoms with Gasteiger partial charge in [0, 0.05) is 12.6 Å². The predicted octanol–water partition coefficient (Wildman–Crippen LogP) is 2.30. The molecule has 3 nitrogen and oxygen atoms in total. The molecule has 2 rings (SSSR count).